The maximum Gasteiger partial charge on any atom is 0.401 e. The lowest BCUT2D eigenvalue weighted by Gasteiger charge is -2.16. The summed E-state index contributed by atoms with van der Waals surface area (Å²) in [6.45, 7) is 0.454. The van der Waals surface area contributed by atoms with E-state index in [1.807, 2.05) is 10.3 Å². The van der Waals surface area contributed by atoms with Crippen LogP contribution in [0.25, 0.3) is 0 Å². The molecule has 90 valence electrons. The first-order chi connectivity index (χ1) is 7.54. The molecule has 1 aliphatic heterocycles. The van der Waals surface area contributed by atoms with Crippen molar-refractivity contribution < 1.29 is 13.2 Å². The normalized spacial score (nSPS) is 21.7. The second-order valence-corrected chi connectivity index (χ2v) is 4.62. The van der Waals surface area contributed by atoms with Crippen LogP contribution in [0.1, 0.15) is 6.42 Å². The van der Waals surface area contributed by atoms with Crippen molar-refractivity contribution in [3.8, 4) is 0 Å². The van der Waals surface area contributed by atoms with Gasteiger partial charge < -0.3 is 10.2 Å². The SMILES string of the molecule is FC(F)(F)CNC1CCN(c2nccs2)C1. The molecule has 0 bridgehead atoms. The van der Waals surface area contributed by atoms with Crippen LogP contribution in [0.5, 0.6) is 0 Å². The van der Waals surface area contributed by atoms with E-state index in [1.54, 1.807) is 6.20 Å². The summed E-state index contributed by atoms with van der Waals surface area (Å²) in [6.07, 6.45) is -1.69. The highest BCUT2D eigenvalue weighted by Gasteiger charge is 2.30. The third-order valence-electron chi connectivity index (χ3n) is 2.47. The van der Waals surface area contributed by atoms with E-state index in [4.69, 9.17) is 0 Å². The maximum absolute atomic E-state index is 12.0. The van der Waals surface area contributed by atoms with Gasteiger partial charge in [-0.25, -0.2) is 4.98 Å². The molecule has 1 unspecified atom stereocenters. The highest BCUT2D eigenvalue weighted by atomic mass is 32.1. The Morgan fingerprint density at radius 1 is 1.56 bits per heavy atom. The third-order valence-corrected chi connectivity index (χ3v) is 3.30. The van der Waals surface area contributed by atoms with E-state index in [-0.39, 0.29) is 6.04 Å². The number of aromatic nitrogens is 1. The van der Waals surface area contributed by atoms with Crippen LogP contribution in [0, 0.1) is 0 Å². The molecule has 7 heteroatoms. The predicted molar refractivity (Wildman–Crippen MR) is 56.8 cm³/mol. The number of halogens is 3. The van der Waals surface area contributed by atoms with E-state index in [0.717, 1.165) is 18.1 Å². The lowest BCUT2D eigenvalue weighted by atomic mass is 10.2. The first-order valence-electron chi connectivity index (χ1n) is 4.99. The predicted octanol–water partition coefficient (Wildman–Crippen LogP) is 1.87. The molecule has 1 aromatic heterocycles. The van der Waals surface area contributed by atoms with Gasteiger partial charge in [-0.3, -0.25) is 0 Å². The molecule has 1 atom stereocenters. The number of hydrogen-bond donors (Lipinski definition) is 1. The molecule has 3 nitrogen and oxygen atoms in total. The zero-order valence-electron chi connectivity index (χ0n) is 8.50. The minimum atomic E-state index is -4.13. The fraction of sp³-hybridized carbons (Fsp3) is 0.667. The van der Waals surface area contributed by atoms with Crippen LogP contribution in [0.2, 0.25) is 0 Å². The molecule has 0 aromatic carbocycles. The van der Waals surface area contributed by atoms with E-state index in [1.165, 1.54) is 11.3 Å². The smallest absolute Gasteiger partial charge is 0.346 e. The summed E-state index contributed by atoms with van der Waals surface area (Å²) in [4.78, 5) is 6.15. The second kappa shape index (κ2) is 4.58. The molecule has 1 fully saturated rings. The molecule has 0 spiro atoms. The molecule has 2 heterocycles. The van der Waals surface area contributed by atoms with Gasteiger partial charge in [0.1, 0.15) is 0 Å². The molecular weight excluding hydrogens is 239 g/mol. The Morgan fingerprint density at radius 3 is 3.00 bits per heavy atom. The first-order valence-corrected chi connectivity index (χ1v) is 5.87. The summed E-state index contributed by atoms with van der Waals surface area (Å²) < 4.78 is 36.0. The average Bonchev–Trinajstić information content (AvgIpc) is 2.84. The summed E-state index contributed by atoms with van der Waals surface area (Å²) in [5, 5.41) is 5.28. The van der Waals surface area contributed by atoms with Gasteiger partial charge in [0.25, 0.3) is 0 Å². The lowest BCUT2D eigenvalue weighted by molar-refractivity contribution is -0.125. The van der Waals surface area contributed by atoms with Gasteiger partial charge in [0.05, 0.1) is 6.54 Å². The zero-order valence-corrected chi connectivity index (χ0v) is 9.31. The molecule has 0 radical (unpaired) electrons. The number of thiazole rings is 1. The topological polar surface area (TPSA) is 28.2 Å². The highest BCUT2D eigenvalue weighted by molar-refractivity contribution is 7.13. The fourth-order valence-electron chi connectivity index (χ4n) is 1.73. The number of alkyl halides is 3. The molecule has 1 aromatic rings. The molecule has 16 heavy (non-hydrogen) atoms. The van der Waals surface area contributed by atoms with Gasteiger partial charge in [-0.05, 0) is 6.42 Å². The molecule has 0 saturated carbocycles. The van der Waals surface area contributed by atoms with Crippen molar-refractivity contribution in [1.82, 2.24) is 10.3 Å². The molecule has 2 rings (SSSR count). The van der Waals surface area contributed by atoms with Crippen molar-refractivity contribution in [3.05, 3.63) is 11.6 Å². The Labute approximate surface area is 95.3 Å². The Hall–Kier alpha value is -0.820. The van der Waals surface area contributed by atoms with Crippen LogP contribution >= 0.6 is 11.3 Å². The number of rotatable bonds is 3. The average molecular weight is 251 g/mol. The van der Waals surface area contributed by atoms with Crippen LogP contribution in [-0.4, -0.2) is 36.8 Å². The Balaban J connectivity index is 1.80. The van der Waals surface area contributed by atoms with Gasteiger partial charge in [0, 0.05) is 30.7 Å². The molecule has 1 N–H and O–H groups in total. The van der Waals surface area contributed by atoms with Crippen molar-refractivity contribution in [2.75, 3.05) is 24.5 Å². The Kier molecular flexibility index (Phi) is 3.34. The molecular formula is C9H12F3N3S. The van der Waals surface area contributed by atoms with Crippen LogP contribution in [0.3, 0.4) is 0 Å². The Morgan fingerprint density at radius 2 is 2.38 bits per heavy atom. The zero-order chi connectivity index (χ0) is 11.6. The van der Waals surface area contributed by atoms with E-state index in [0.29, 0.717) is 6.54 Å². The standard InChI is InChI=1S/C9H12F3N3S/c10-9(11,12)6-14-7-1-3-15(5-7)8-13-2-4-16-8/h2,4,7,14H,1,3,5-6H2. The summed E-state index contributed by atoms with van der Waals surface area (Å²) in [5.41, 5.74) is 0. The summed E-state index contributed by atoms with van der Waals surface area (Å²) in [6, 6.07) is -0.0921. The minimum Gasteiger partial charge on any atom is -0.346 e. The van der Waals surface area contributed by atoms with Gasteiger partial charge in [0.2, 0.25) is 0 Å². The van der Waals surface area contributed by atoms with Crippen LogP contribution in [0.15, 0.2) is 11.6 Å². The van der Waals surface area contributed by atoms with E-state index in [2.05, 4.69) is 10.3 Å². The number of nitrogens with zero attached hydrogens (tertiary/aromatic N) is 2. The summed E-state index contributed by atoms with van der Waals surface area (Å²) in [7, 11) is 0. The largest absolute Gasteiger partial charge is 0.401 e. The monoisotopic (exact) mass is 251 g/mol. The highest BCUT2D eigenvalue weighted by Crippen LogP contribution is 2.22. The van der Waals surface area contributed by atoms with E-state index >= 15 is 0 Å². The van der Waals surface area contributed by atoms with Crippen molar-refractivity contribution >= 4 is 16.5 Å². The number of anilines is 1. The van der Waals surface area contributed by atoms with Crippen LogP contribution in [-0.2, 0) is 0 Å². The van der Waals surface area contributed by atoms with Gasteiger partial charge in [-0.1, -0.05) is 0 Å². The van der Waals surface area contributed by atoms with Gasteiger partial charge in [-0.2, -0.15) is 13.2 Å². The van der Waals surface area contributed by atoms with Crippen molar-refractivity contribution in [1.29, 1.82) is 0 Å². The van der Waals surface area contributed by atoms with Crippen molar-refractivity contribution in [3.63, 3.8) is 0 Å². The van der Waals surface area contributed by atoms with Gasteiger partial charge in [0.15, 0.2) is 5.13 Å². The fourth-order valence-corrected chi connectivity index (χ4v) is 2.41. The lowest BCUT2D eigenvalue weighted by Crippen LogP contribution is -2.38. The quantitative estimate of drug-likeness (QED) is 0.889. The summed E-state index contributed by atoms with van der Waals surface area (Å²) in [5.74, 6) is 0. The molecule has 0 aliphatic carbocycles. The number of hydrogen-bond acceptors (Lipinski definition) is 4. The Bertz CT molecular complexity index is 325. The van der Waals surface area contributed by atoms with E-state index < -0.39 is 12.7 Å². The van der Waals surface area contributed by atoms with Gasteiger partial charge in [-0.15, -0.1) is 11.3 Å². The van der Waals surface area contributed by atoms with E-state index in [9.17, 15) is 13.2 Å². The molecule has 0 amide bonds. The van der Waals surface area contributed by atoms with Crippen LogP contribution < -0.4 is 10.2 Å². The second-order valence-electron chi connectivity index (χ2n) is 3.74. The third kappa shape index (κ3) is 3.08. The molecule has 1 aliphatic rings. The first kappa shape index (κ1) is 11.7. The van der Waals surface area contributed by atoms with Crippen molar-refractivity contribution in [2.24, 2.45) is 0 Å². The van der Waals surface area contributed by atoms with Gasteiger partial charge >= 0.3 is 6.18 Å². The minimum absolute atomic E-state index is 0.0921. The van der Waals surface area contributed by atoms with Crippen LogP contribution in [0.4, 0.5) is 18.3 Å². The molecule has 1 saturated heterocycles. The summed E-state index contributed by atoms with van der Waals surface area (Å²) >= 11 is 1.51. The number of nitrogens with one attached hydrogen (secondary N) is 1. The van der Waals surface area contributed by atoms with Crippen molar-refractivity contribution in [2.45, 2.75) is 18.6 Å². The maximum atomic E-state index is 12.0.